The molecule has 70 valence electrons. The highest BCUT2D eigenvalue weighted by Crippen LogP contribution is 2.19. The monoisotopic (exact) mass is 185 g/mol. The van der Waals surface area contributed by atoms with Gasteiger partial charge in [-0.2, -0.15) is 0 Å². The Hall–Kier alpha value is -1.51. The van der Waals surface area contributed by atoms with E-state index in [9.17, 15) is 0 Å². The first-order valence-electron chi connectivity index (χ1n) is 5.04. The minimum atomic E-state index is 0.785. The van der Waals surface area contributed by atoms with E-state index in [1.165, 1.54) is 18.5 Å². The molecule has 0 radical (unpaired) electrons. The number of nitrogens with zero attached hydrogens (tertiary/aromatic N) is 3. The molecule has 0 bridgehead atoms. The van der Waals surface area contributed by atoms with E-state index >= 15 is 0 Å². The fourth-order valence-corrected chi connectivity index (χ4v) is 1.95. The molecule has 3 nitrogen and oxygen atoms in total. The van der Waals surface area contributed by atoms with Crippen molar-refractivity contribution in [1.82, 2.24) is 15.0 Å². The molecule has 0 saturated heterocycles. The lowest BCUT2D eigenvalue weighted by Gasteiger charge is -2.13. The Kier molecular flexibility index (Phi) is 1.69. The van der Waals surface area contributed by atoms with Gasteiger partial charge in [-0.1, -0.05) is 0 Å². The van der Waals surface area contributed by atoms with Crippen molar-refractivity contribution in [2.45, 2.75) is 25.7 Å². The maximum absolute atomic E-state index is 4.59. The van der Waals surface area contributed by atoms with Crippen LogP contribution in [-0.4, -0.2) is 15.0 Å². The van der Waals surface area contributed by atoms with E-state index < -0.39 is 0 Å². The summed E-state index contributed by atoms with van der Waals surface area (Å²) in [6.45, 7) is 0. The lowest BCUT2D eigenvalue weighted by molar-refractivity contribution is 0.654. The molecule has 2 heterocycles. The van der Waals surface area contributed by atoms with Crippen LogP contribution < -0.4 is 0 Å². The standard InChI is InChI=1S/C11H11N3/c1-2-5-9-8(4-1)13-10-6-3-7-12-11(10)14-9/h3,6-7H,1-2,4-5H2. The highest BCUT2D eigenvalue weighted by atomic mass is 14.9. The van der Waals surface area contributed by atoms with Crippen molar-refractivity contribution in [1.29, 1.82) is 0 Å². The fourth-order valence-electron chi connectivity index (χ4n) is 1.95. The van der Waals surface area contributed by atoms with Gasteiger partial charge in [-0.05, 0) is 37.8 Å². The third kappa shape index (κ3) is 1.16. The second-order valence-corrected chi connectivity index (χ2v) is 3.67. The van der Waals surface area contributed by atoms with E-state index in [0.29, 0.717) is 0 Å². The molecule has 3 rings (SSSR count). The summed E-state index contributed by atoms with van der Waals surface area (Å²) < 4.78 is 0. The van der Waals surface area contributed by atoms with Crippen molar-refractivity contribution in [2.75, 3.05) is 0 Å². The van der Waals surface area contributed by atoms with Crippen LogP contribution >= 0.6 is 0 Å². The smallest absolute Gasteiger partial charge is 0.178 e. The van der Waals surface area contributed by atoms with Crippen LogP contribution in [0.15, 0.2) is 18.3 Å². The Morgan fingerprint density at radius 1 is 1.00 bits per heavy atom. The Bertz CT molecular complexity index is 434. The van der Waals surface area contributed by atoms with E-state index in [4.69, 9.17) is 0 Å². The summed E-state index contributed by atoms with van der Waals surface area (Å²) in [5, 5.41) is 0. The van der Waals surface area contributed by atoms with Crippen molar-refractivity contribution in [3.05, 3.63) is 29.7 Å². The Morgan fingerprint density at radius 2 is 1.79 bits per heavy atom. The largest absolute Gasteiger partial charge is 0.248 e. The zero-order valence-electron chi connectivity index (χ0n) is 7.90. The fraction of sp³-hybridized carbons (Fsp3) is 0.364. The summed E-state index contributed by atoms with van der Waals surface area (Å²) >= 11 is 0. The van der Waals surface area contributed by atoms with Gasteiger partial charge in [-0.15, -0.1) is 0 Å². The summed E-state index contributed by atoms with van der Waals surface area (Å²) in [6.07, 6.45) is 6.39. The minimum absolute atomic E-state index is 0.785. The third-order valence-corrected chi connectivity index (χ3v) is 2.67. The summed E-state index contributed by atoms with van der Waals surface area (Å²) in [4.78, 5) is 13.3. The zero-order chi connectivity index (χ0) is 9.38. The normalized spacial score (nSPS) is 15.4. The van der Waals surface area contributed by atoms with Gasteiger partial charge in [0, 0.05) is 6.20 Å². The molecular formula is C11H11N3. The molecule has 0 saturated carbocycles. The predicted molar refractivity (Wildman–Crippen MR) is 54.0 cm³/mol. The van der Waals surface area contributed by atoms with Gasteiger partial charge in [-0.25, -0.2) is 15.0 Å². The van der Waals surface area contributed by atoms with Crippen molar-refractivity contribution in [3.8, 4) is 0 Å². The van der Waals surface area contributed by atoms with Gasteiger partial charge in [0.05, 0.1) is 11.4 Å². The van der Waals surface area contributed by atoms with Crippen LogP contribution in [0.5, 0.6) is 0 Å². The van der Waals surface area contributed by atoms with Gasteiger partial charge in [0.1, 0.15) is 5.52 Å². The van der Waals surface area contributed by atoms with Crippen molar-refractivity contribution < 1.29 is 0 Å². The van der Waals surface area contributed by atoms with Gasteiger partial charge >= 0.3 is 0 Å². The summed E-state index contributed by atoms with van der Waals surface area (Å²) in [6, 6.07) is 3.89. The van der Waals surface area contributed by atoms with Gasteiger partial charge in [-0.3, -0.25) is 0 Å². The molecule has 0 amide bonds. The average Bonchev–Trinajstić information content (AvgIpc) is 2.26. The maximum atomic E-state index is 4.59. The first kappa shape index (κ1) is 7.85. The number of aromatic nitrogens is 3. The molecule has 0 atom stereocenters. The van der Waals surface area contributed by atoms with Crippen molar-refractivity contribution in [2.24, 2.45) is 0 Å². The average molecular weight is 185 g/mol. The Labute approximate surface area is 82.2 Å². The molecule has 1 aliphatic rings. The SMILES string of the molecule is c1cnc2nc3c(nc2c1)CCCC3. The number of pyridine rings is 1. The molecule has 0 N–H and O–H groups in total. The molecule has 0 unspecified atom stereocenters. The molecule has 0 aliphatic heterocycles. The van der Waals surface area contributed by atoms with Crippen LogP contribution in [0.25, 0.3) is 11.2 Å². The molecule has 14 heavy (non-hydrogen) atoms. The van der Waals surface area contributed by atoms with Crippen LogP contribution in [0.2, 0.25) is 0 Å². The number of aryl methyl sites for hydroxylation is 2. The predicted octanol–water partition coefficient (Wildman–Crippen LogP) is 1.90. The van der Waals surface area contributed by atoms with Gasteiger partial charge in [0.25, 0.3) is 0 Å². The van der Waals surface area contributed by atoms with Crippen LogP contribution in [0, 0.1) is 0 Å². The third-order valence-electron chi connectivity index (χ3n) is 2.67. The van der Waals surface area contributed by atoms with Crippen LogP contribution in [0.1, 0.15) is 24.2 Å². The van der Waals surface area contributed by atoms with Crippen LogP contribution in [-0.2, 0) is 12.8 Å². The quantitative estimate of drug-likeness (QED) is 0.629. The van der Waals surface area contributed by atoms with E-state index in [0.717, 1.165) is 29.7 Å². The second-order valence-electron chi connectivity index (χ2n) is 3.67. The molecule has 0 aromatic carbocycles. The molecule has 2 aromatic heterocycles. The number of fused-ring (bicyclic) bond motifs is 2. The molecule has 2 aromatic rings. The molecule has 1 aliphatic carbocycles. The van der Waals surface area contributed by atoms with Gasteiger partial charge < -0.3 is 0 Å². The molecule has 0 fully saturated rings. The van der Waals surface area contributed by atoms with E-state index in [1.807, 2.05) is 12.1 Å². The maximum Gasteiger partial charge on any atom is 0.178 e. The van der Waals surface area contributed by atoms with Crippen molar-refractivity contribution >= 4 is 11.2 Å². The Balaban J connectivity index is 2.27. The first-order valence-corrected chi connectivity index (χ1v) is 5.04. The molecular weight excluding hydrogens is 174 g/mol. The highest BCUT2D eigenvalue weighted by molar-refractivity contribution is 5.69. The summed E-state index contributed by atoms with van der Waals surface area (Å²) in [7, 11) is 0. The number of rotatable bonds is 0. The number of hydrogen-bond acceptors (Lipinski definition) is 3. The lowest BCUT2D eigenvalue weighted by atomic mass is 10.0. The van der Waals surface area contributed by atoms with E-state index in [2.05, 4.69) is 15.0 Å². The topological polar surface area (TPSA) is 38.7 Å². The van der Waals surface area contributed by atoms with Gasteiger partial charge in [0.2, 0.25) is 0 Å². The second kappa shape index (κ2) is 3.01. The van der Waals surface area contributed by atoms with E-state index in [1.54, 1.807) is 6.20 Å². The molecule has 3 heteroatoms. The lowest BCUT2D eigenvalue weighted by Crippen LogP contribution is -2.08. The Morgan fingerprint density at radius 3 is 2.64 bits per heavy atom. The van der Waals surface area contributed by atoms with Crippen LogP contribution in [0.4, 0.5) is 0 Å². The molecule has 0 spiro atoms. The summed E-state index contributed by atoms with van der Waals surface area (Å²) in [5.41, 5.74) is 4.04. The number of hydrogen-bond donors (Lipinski definition) is 0. The van der Waals surface area contributed by atoms with E-state index in [-0.39, 0.29) is 0 Å². The van der Waals surface area contributed by atoms with Gasteiger partial charge in [0.15, 0.2) is 5.65 Å². The zero-order valence-corrected chi connectivity index (χ0v) is 7.90. The highest BCUT2D eigenvalue weighted by Gasteiger charge is 2.12. The first-order chi connectivity index (χ1) is 6.93. The minimum Gasteiger partial charge on any atom is -0.248 e. The van der Waals surface area contributed by atoms with Crippen molar-refractivity contribution in [3.63, 3.8) is 0 Å². The summed E-state index contributed by atoms with van der Waals surface area (Å²) in [5.74, 6) is 0. The van der Waals surface area contributed by atoms with Crippen LogP contribution in [0.3, 0.4) is 0 Å².